The van der Waals surface area contributed by atoms with Crippen LogP contribution in [0.15, 0.2) is 58.0 Å². The summed E-state index contributed by atoms with van der Waals surface area (Å²) in [5.74, 6) is 0. The standard InChI is InChI=1S/C18H14Br2N2/c1-11-7-17(19)21-9-15(11)13-3-5-14(6-4-13)16-10-22-18(20)8-12(16)2/h3-10H,1-2H3. The van der Waals surface area contributed by atoms with Crippen LogP contribution in [0.1, 0.15) is 11.1 Å². The van der Waals surface area contributed by atoms with E-state index in [9.17, 15) is 0 Å². The van der Waals surface area contributed by atoms with Crippen LogP contribution in [0, 0.1) is 13.8 Å². The molecule has 0 N–H and O–H groups in total. The lowest BCUT2D eigenvalue weighted by molar-refractivity contribution is 1.24. The molecule has 2 aromatic heterocycles. The molecule has 0 bridgehead atoms. The predicted molar refractivity (Wildman–Crippen MR) is 97.8 cm³/mol. The fourth-order valence-corrected chi connectivity index (χ4v) is 3.37. The summed E-state index contributed by atoms with van der Waals surface area (Å²) in [6.45, 7) is 4.19. The molecule has 22 heavy (non-hydrogen) atoms. The first kappa shape index (κ1) is 15.4. The highest BCUT2D eigenvalue weighted by atomic mass is 79.9. The van der Waals surface area contributed by atoms with E-state index in [1.165, 1.54) is 22.3 Å². The molecule has 3 rings (SSSR count). The number of halogens is 2. The Hall–Kier alpha value is -1.52. The normalized spacial score (nSPS) is 10.7. The highest BCUT2D eigenvalue weighted by Crippen LogP contribution is 2.29. The lowest BCUT2D eigenvalue weighted by Crippen LogP contribution is -1.89. The number of benzene rings is 1. The molecule has 0 saturated carbocycles. The molecule has 110 valence electrons. The van der Waals surface area contributed by atoms with Crippen LogP contribution in [0.3, 0.4) is 0 Å². The minimum absolute atomic E-state index is 0.863. The van der Waals surface area contributed by atoms with Crippen molar-refractivity contribution in [2.45, 2.75) is 13.8 Å². The van der Waals surface area contributed by atoms with Crippen LogP contribution in [0.4, 0.5) is 0 Å². The van der Waals surface area contributed by atoms with Crippen molar-refractivity contribution in [1.82, 2.24) is 9.97 Å². The molecule has 3 aromatic rings. The van der Waals surface area contributed by atoms with Gasteiger partial charge >= 0.3 is 0 Å². The smallest absolute Gasteiger partial charge is 0.106 e. The van der Waals surface area contributed by atoms with E-state index in [-0.39, 0.29) is 0 Å². The van der Waals surface area contributed by atoms with E-state index in [4.69, 9.17) is 0 Å². The third kappa shape index (κ3) is 3.13. The zero-order valence-corrected chi connectivity index (χ0v) is 15.4. The Bertz CT molecular complexity index is 756. The molecule has 0 amide bonds. The molecule has 4 heteroatoms. The van der Waals surface area contributed by atoms with Crippen LogP contribution in [0.5, 0.6) is 0 Å². The molecule has 0 fully saturated rings. The van der Waals surface area contributed by atoms with E-state index in [2.05, 4.69) is 79.9 Å². The van der Waals surface area contributed by atoms with E-state index >= 15 is 0 Å². The number of rotatable bonds is 2. The molecule has 0 aliphatic rings. The summed E-state index contributed by atoms with van der Waals surface area (Å²) in [4.78, 5) is 8.64. The van der Waals surface area contributed by atoms with E-state index < -0.39 is 0 Å². The number of hydrogen-bond donors (Lipinski definition) is 0. The summed E-state index contributed by atoms with van der Waals surface area (Å²) in [6, 6.07) is 12.6. The Labute approximate surface area is 146 Å². The minimum Gasteiger partial charge on any atom is -0.249 e. The summed E-state index contributed by atoms with van der Waals surface area (Å²) in [6.07, 6.45) is 3.81. The van der Waals surface area contributed by atoms with E-state index in [0.29, 0.717) is 0 Å². The average molecular weight is 418 g/mol. The second-order valence-electron chi connectivity index (χ2n) is 5.22. The van der Waals surface area contributed by atoms with Gasteiger partial charge in [-0.25, -0.2) is 9.97 Å². The molecular formula is C18H14Br2N2. The molecule has 1 aromatic carbocycles. The maximum atomic E-state index is 4.32. The van der Waals surface area contributed by atoms with Crippen LogP contribution in [0.2, 0.25) is 0 Å². The largest absolute Gasteiger partial charge is 0.249 e. The van der Waals surface area contributed by atoms with Gasteiger partial charge in [0.05, 0.1) is 0 Å². The summed E-state index contributed by atoms with van der Waals surface area (Å²) >= 11 is 6.81. The van der Waals surface area contributed by atoms with Gasteiger partial charge in [-0.15, -0.1) is 0 Å². The van der Waals surface area contributed by atoms with Gasteiger partial charge in [0.2, 0.25) is 0 Å². The lowest BCUT2D eigenvalue weighted by atomic mass is 9.98. The van der Waals surface area contributed by atoms with Crippen LogP contribution >= 0.6 is 31.9 Å². The van der Waals surface area contributed by atoms with Gasteiger partial charge in [-0.05, 0) is 80.1 Å². The third-order valence-electron chi connectivity index (χ3n) is 3.66. The Kier molecular flexibility index (Phi) is 4.41. The van der Waals surface area contributed by atoms with Crippen molar-refractivity contribution in [1.29, 1.82) is 0 Å². The Morgan fingerprint density at radius 1 is 0.682 bits per heavy atom. The minimum atomic E-state index is 0.863. The number of nitrogens with zero attached hydrogens (tertiary/aromatic N) is 2. The van der Waals surface area contributed by atoms with Crippen molar-refractivity contribution in [3.8, 4) is 22.3 Å². The first-order chi connectivity index (χ1) is 10.5. The van der Waals surface area contributed by atoms with Crippen LogP contribution in [-0.4, -0.2) is 9.97 Å². The Balaban J connectivity index is 1.99. The first-order valence-electron chi connectivity index (χ1n) is 6.89. The molecule has 0 aliphatic carbocycles. The average Bonchev–Trinajstić information content (AvgIpc) is 2.48. The number of hydrogen-bond acceptors (Lipinski definition) is 2. The fraction of sp³-hybridized carbons (Fsp3) is 0.111. The van der Waals surface area contributed by atoms with Crippen molar-refractivity contribution < 1.29 is 0 Å². The molecule has 2 heterocycles. The van der Waals surface area contributed by atoms with E-state index in [1.807, 2.05) is 24.5 Å². The molecule has 0 atom stereocenters. The van der Waals surface area contributed by atoms with Crippen molar-refractivity contribution in [2.24, 2.45) is 0 Å². The molecule has 0 aliphatic heterocycles. The maximum Gasteiger partial charge on any atom is 0.106 e. The maximum absolute atomic E-state index is 4.32. The topological polar surface area (TPSA) is 25.8 Å². The van der Waals surface area contributed by atoms with Crippen LogP contribution in [0.25, 0.3) is 22.3 Å². The van der Waals surface area contributed by atoms with Gasteiger partial charge in [-0.3, -0.25) is 0 Å². The summed E-state index contributed by atoms with van der Waals surface area (Å²) in [5.41, 5.74) is 7.06. The monoisotopic (exact) mass is 416 g/mol. The van der Waals surface area contributed by atoms with Crippen LogP contribution in [-0.2, 0) is 0 Å². The second-order valence-corrected chi connectivity index (χ2v) is 6.85. The number of aryl methyl sites for hydroxylation is 2. The van der Waals surface area contributed by atoms with Gasteiger partial charge < -0.3 is 0 Å². The lowest BCUT2D eigenvalue weighted by Gasteiger charge is -2.09. The van der Waals surface area contributed by atoms with Crippen LogP contribution < -0.4 is 0 Å². The van der Waals surface area contributed by atoms with Gasteiger partial charge in [0.15, 0.2) is 0 Å². The van der Waals surface area contributed by atoms with Gasteiger partial charge in [0, 0.05) is 23.5 Å². The molecule has 2 nitrogen and oxygen atoms in total. The highest BCUT2D eigenvalue weighted by Gasteiger charge is 2.06. The zero-order valence-electron chi connectivity index (χ0n) is 12.3. The van der Waals surface area contributed by atoms with Gasteiger partial charge in [-0.1, -0.05) is 24.3 Å². The van der Waals surface area contributed by atoms with Crippen molar-refractivity contribution in [2.75, 3.05) is 0 Å². The SMILES string of the molecule is Cc1cc(Br)ncc1-c1ccc(-c2cnc(Br)cc2C)cc1. The molecule has 0 spiro atoms. The Morgan fingerprint density at radius 3 is 1.36 bits per heavy atom. The summed E-state index contributed by atoms with van der Waals surface area (Å²) in [5, 5.41) is 0. The molecular weight excluding hydrogens is 404 g/mol. The van der Waals surface area contributed by atoms with E-state index in [1.54, 1.807) is 0 Å². The molecule has 0 unspecified atom stereocenters. The number of pyridine rings is 2. The quantitative estimate of drug-likeness (QED) is 0.481. The number of aromatic nitrogens is 2. The van der Waals surface area contributed by atoms with Crippen molar-refractivity contribution in [3.63, 3.8) is 0 Å². The van der Waals surface area contributed by atoms with Crippen molar-refractivity contribution >= 4 is 31.9 Å². The van der Waals surface area contributed by atoms with Gasteiger partial charge in [-0.2, -0.15) is 0 Å². The summed E-state index contributed by atoms with van der Waals surface area (Å²) < 4.78 is 1.73. The summed E-state index contributed by atoms with van der Waals surface area (Å²) in [7, 11) is 0. The van der Waals surface area contributed by atoms with Gasteiger partial charge in [0.1, 0.15) is 9.21 Å². The zero-order chi connectivity index (χ0) is 15.7. The highest BCUT2D eigenvalue weighted by molar-refractivity contribution is 9.10. The third-order valence-corrected chi connectivity index (χ3v) is 4.53. The first-order valence-corrected chi connectivity index (χ1v) is 8.48. The van der Waals surface area contributed by atoms with Crippen molar-refractivity contribution in [3.05, 3.63) is 69.1 Å². The fourth-order valence-electron chi connectivity index (χ4n) is 2.48. The Morgan fingerprint density at radius 2 is 1.05 bits per heavy atom. The van der Waals surface area contributed by atoms with Gasteiger partial charge in [0.25, 0.3) is 0 Å². The molecule has 0 saturated heterocycles. The molecule has 0 radical (unpaired) electrons. The van der Waals surface area contributed by atoms with E-state index in [0.717, 1.165) is 20.3 Å². The predicted octanol–water partition coefficient (Wildman–Crippen LogP) is 5.95. The second kappa shape index (κ2) is 6.31.